The van der Waals surface area contributed by atoms with E-state index in [1.54, 1.807) is 0 Å². The fourth-order valence-electron chi connectivity index (χ4n) is 6.97. The number of hydrogen-bond donors (Lipinski definition) is 5. The molecular weight excluding hydrogens is 760 g/mol. The first kappa shape index (κ1) is 45.6. The molecule has 0 radical (unpaired) electrons. The van der Waals surface area contributed by atoms with Gasteiger partial charge in [-0.1, -0.05) is 0 Å². The summed E-state index contributed by atoms with van der Waals surface area (Å²) in [7, 11) is 0. The van der Waals surface area contributed by atoms with Crippen LogP contribution in [0.15, 0.2) is 0 Å². The highest BCUT2D eigenvalue weighted by Crippen LogP contribution is 2.37. The quantitative estimate of drug-likeness (QED) is 0.104. The molecule has 20 atom stereocenters. The van der Waals surface area contributed by atoms with Crippen LogP contribution in [0, 0.1) is 0 Å². The highest BCUT2D eigenvalue weighted by Gasteiger charge is 2.58. The van der Waals surface area contributed by atoms with Crippen LogP contribution in [0.25, 0.3) is 0 Å². The van der Waals surface area contributed by atoms with Crippen LogP contribution in [-0.4, -0.2) is 178 Å². The average Bonchev–Trinajstić information content (AvgIpc) is 3.08. The zero-order chi connectivity index (χ0) is 41.9. The number of aliphatic hydroxyl groups excluding tert-OH is 5. The number of ether oxygens (including phenoxy) is 12. The summed E-state index contributed by atoms with van der Waals surface area (Å²) in [4.78, 5) is 61.1. The van der Waals surface area contributed by atoms with E-state index in [0.29, 0.717) is 0 Å². The molecule has 320 valence electrons. The van der Waals surface area contributed by atoms with Crippen LogP contribution < -0.4 is 0 Å². The van der Waals surface area contributed by atoms with Crippen molar-refractivity contribution in [3.05, 3.63) is 0 Å². The van der Waals surface area contributed by atoms with Crippen molar-refractivity contribution < 1.29 is 106 Å². The van der Waals surface area contributed by atoms with Crippen molar-refractivity contribution >= 4 is 29.8 Å². The molecule has 4 heterocycles. The Kier molecular flexibility index (Phi) is 15.5. The molecule has 0 aromatic carbocycles. The van der Waals surface area contributed by atoms with Gasteiger partial charge in [-0.2, -0.15) is 0 Å². The predicted octanol–water partition coefficient (Wildman–Crippen LogP) is -2.78. The third kappa shape index (κ3) is 10.7. The summed E-state index contributed by atoms with van der Waals surface area (Å²) in [5.41, 5.74) is 0. The summed E-state index contributed by atoms with van der Waals surface area (Å²) in [5, 5.41) is 53.8. The highest BCUT2D eigenvalue weighted by molar-refractivity contribution is 5.68. The average molecular weight is 813 g/mol. The number of carbonyl (C=O) groups is 5. The van der Waals surface area contributed by atoms with Gasteiger partial charge in [0.05, 0.1) is 24.4 Å². The second-order valence-electron chi connectivity index (χ2n) is 14.0. The fourth-order valence-corrected chi connectivity index (χ4v) is 6.97. The van der Waals surface area contributed by atoms with Crippen molar-refractivity contribution in [1.82, 2.24) is 0 Å². The molecule has 4 aliphatic heterocycles. The van der Waals surface area contributed by atoms with E-state index in [4.69, 9.17) is 56.8 Å². The SMILES string of the molecule is CC(=O)O[C@@H]1[C@@H](O[C@@H]2O[C@@H](C)[C@H](OC(C)=O)[C@@H](OC(C)=O)[C@H]2O)[C@@H](OC(C)=O)[C@H](O[C@H]2[C@@H](O)[C@H](O[C@@H]3[C@@H](O)[C@@H](O)C(O)O[C@H]3C)O[C@@H](C)[C@@H]2OC(C)=O)O[C@H]1C. The minimum atomic E-state index is -1.88. The molecule has 0 bridgehead atoms. The minimum absolute atomic E-state index is 0.768. The topological polar surface area (TPSA) is 297 Å². The Bertz CT molecular complexity index is 1400. The first-order valence-electron chi connectivity index (χ1n) is 18.0. The molecule has 4 aliphatic rings. The minimum Gasteiger partial charge on any atom is -0.457 e. The molecule has 0 aromatic rings. The van der Waals surface area contributed by atoms with E-state index < -0.39 is 153 Å². The van der Waals surface area contributed by atoms with Crippen molar-refractivity contribution in [2.24, 2.45) is 0 Å². The molecule has 0 aromatic heterocycles. The molecule has 22 nitrogen and oxygen atoms in total. The zero-order valence-electron chi connectivity index (χ0n) is 32.2. The van der Waals surface area contributed by atoms with Crippen molar-refractivity contribution in [3.8, 4) is 0 Å². The Morgan fingerprint density at radius 3 is 1.14 bits per heavy atom. The van der Waals surface area contributed by atoms with Gasteiger partial charge in [-0.05, 0) is 27.7 Å². The Labute approximate surface area is 321 Å². The van der Waals surface area contributed by atoms with E-state index in [0.717, 1.165) is 34.6 Å². The van der Waals surface area contributed by atoms with Crippen molar-refractivity contribution in [2.75, 3.05) is 0 Å². The van der Waals surface area contributed by atoms with Crippen LogP contribution in [0.1, 0.15) is 62.3 Å². The van der Waals surface area contributed by atoms with Gasteiger partial charge < -0.3 is 82.4 Å². The number of hydrogen-bond acceptors (Lipinski definition) is 22. The molecule has 5 N–H and O–H groups in total. The maximum absolute atomic E-state index is 12.6. The second kappa shape index (κ2) is 19.1. The van der Waals surface area contributed by atoms with Crippen LogP contribution >= 0.6 is 0 Å². The zero-order valence-corrected chi connectivity index (χ0v) is 32.2. The Hall–Kier alpha value is -3.13. The van der Waals surface area contributed by atoms with Crippen LogP contribution in [0.2, 0.25) is 0 Å². The lowest BCUT2D eigenvalue weighted by atomic mass is 9.95. The van der Waals surface area contributed by atoms with E-state index >= 15 is 0 Å². The summed E-state index contributed by atoms with van der Waals surface area (Å²) in [6.45, 7) is 11.1. The van der Waals surface area contributed by atoms with Gasteiger partial charge >= 0.3 is 29.8 Å². The lowest BCUT2D eigenvalue weighted by molar-refractivity contribution is -0.384. The molecule has 0 amide bonds. The van der Waals surface area contributed by atoms with Gasteiger partial charge in [-0.15, -0.1) is 0 Å². The number of carbonyl (C=O) groups excluding carboxylic acids is 5. The molecule has 0 aliphatic carbocycles. The lowest BCUT2D eigenvalue weighted by Gasteiger charge is -2.50. The normalized spacial score (nSPS) is 44.2. The van der Waals surface area contributed by atoms with Gasteiger partial charge in [0.15, 0.2) is 55.7 Å². The number of aliphatic hydroxyl groups is 5. The molecule has 56 heavy (non-hydrogen) atoms. The Balaban J connectivity index is 1.70. The van der Waals surface area contributed by atoms with E-state index in [1.807, 2.05) is 0 Å². The molecule has 4 saturated heterocycles. The number of esters is 5. The van der Waals surface area contributed by atoms with Crippen molar-refractivity contribution in [2.45, 2.75) is 185 Å². The monoisotopic (exact) mass is 812 g/mol. The maximum atomic E-state index is 12.6. The molecule has 1 unspecified atom stereocenters. The van der Waals surface area contributed by atoms with Crippen molar-refractivity contribution in [3.63, 3.8) is 0 Å². The lowest BCUT2D eigenvalue weighted by Crippen LogP contribution is -2.67. The summed E-state index contributed by atoms with van der Waals surface area (Å²) < 4.78 is 68.5. The molecule has 4 rings (SSSR count). The molecule has 22 heteroatoms. The van der Waals surface area contributed by atoms with Gasteiger partial charge in [0.2, 0.25) is 0 Å². The largest absolute Gasteiger partial charge is 0.457 e. The van der Waals surface area contributed by atoms with Crippen LogP contribution in [-0.2, 0) is 80.8 Å². The van der Waals surface area contributed by atoms with Crippen molar-refractivity contribution in [1.29, 1.82) is 0 Å². The van der Waals surface area contributed by atoms with Gasteiger partial charge in [-0.3, -0.25) is 24.0 Å². The Morgan fingerprint density at radius 2 is 0.679 bits per heavy atom. The maximum Gasteiger partial charge on any atom is 0.303 e. The molecule has 4 fully saturated rings. The standard InChI is InChI=1S/C34H52O22/c1-10-23(19(40)20(41)31(44)45-10)54-32-22(43)28(25(12(3)46-32)50-15(6)36)55-34-30(53-18(9)39)29(26(13(4)48-34)51-16(7)37)56-33-21(42)27(52-17(8)38)24(11(2)47-33)49-14(5)35/h10-13,19-34,40-44H,1-9H3/t10-,11-,12-,13-,19-,20+,21+,22+,23-,24-,25-,26-,27-,28-,29+,30+,31?,32-,33-,34-/m0/s1. The summed E-state index contributed by atoms with van der Waals surface area (Å²) >= 11 is 0. The van der Waals surface area contributed by atoms with Crippen LogP contribution in [0.3, 0.4) is 0 Å². The van der Waals surface area contributed by atoms with Gasteiger partial charge in [0.25, 0.3) is 0 Å². The predicted molar refractivity (Wildman–Crippen MR) is 176 cm³/mol. The van der Waals surface area contributed by atoms with E-state index in [2.05, 4.69) is 0 Å². The summed E-state index contributed by atoms with van der Waals surface area (Å²) in [6, 6.07) is 0. The van der Waals surface area contributed by atoms with E-state index in [1.165, 1.54) is 27.7 Å². The van der Waals surface area contributed by atoms with Gasteiger partial charge in [-0.25, -0.2) is 0 Å². The molecule has 0 saturated carbocycles. The van der Waals surface area contributed by atoms with Gasteiger partial charge in [0, 0.05) is 34.6 Å². The first-order chi connectivity index (χ1) is 26.1. The summed E-state index contributed by atoms with van der Waals surface area (Å²) in [6.07, 6.45) is -30.4. The fraction of sp³-hybridized carbons (Fsp3) is 0.853. The van der Waals surface area contributed by atoms with E-state index in [-0.39, 0.29) is 0 Å². The van der Waals surface area contributed by atoms with Crippen LogP contribution in [0.5, 0.6) is 0 Å². The van der Waals surface area contributed by atoms with E-state index in [9.17, 15) is 49.5 Å². The second-order valence-corrected chi connectivity index (χ2v) is 14.0. The molecular formula is C34H52O22. The number of rotatable bonds is 11. The smallest absolute Gasteiger partial charge is 0.303 e. The highest BCUT2D eigenvalue weighted by atomic mass is 16.8. The third-order valence-electron chi connectivity index (χ3n) is 9.41. The Morgan fingerprint density at radius 1 is 0.357 bits per heavy atom. The molecule has 0 spiro atoms. The van der Waals surface area contributed by atoms with Crippen LogP contribution in [0.4, 0.5) is 0 Å². The summed E-state index contributed by atoms with van der Waals surface area (Å²) in [5.74, 6) is -4.18. The third-order valence-corrected chi connectivity index (χ3v) is 9.41. The van der Waals surface area contributed by atoms with Gasteiger partial charge in [0.1, 0.15) is 42.7 Å². The first-order valence-corrected chi connectivity index (χ1v) is 18.0.